The van der Waals surface area contributed by atoms with Crippen LogP contribution in [0.2, 0.25) is 0 Å². The smallest absolute Gasteiger partial charge is 0.253 e. The molecule has 10 heteroatoms. The Morgan fingerprint density at radius 2 is 2.12 bits per heavy atom. The zero-order valence-corrected chi connectivity index (χ0v) is 19.1. The lowest BCUT2D eigenvalue weighted by molar-refractivity contribution is -0.129. The summed E-state index contributed by atoms with van der Waals surface area (Å²) in [5.74, 6) is 0.903. The number of aryl methyl sites for hydroxylation is 1. The van der Waals surface area contributed by atoms with E-state index in [9.17, 15) is 9.90 Å². The Hall–Kier alpha value is -4.31. The molecule has 0 bridgehead atoms. The zero-order valence-electron chi connectivity index (χ0n) is 19.1. The topological polar surface area (TPSA) is 135 Å². The van der Waals surface area contributed by atoms with E-state index in [1.54, 1.807) is 47.4 Å². The molecule has 0 saturated heterocycles. The molecule has 0 saturated carbocycles. The lowest BCUT2D eigenvalue weighted by Gasteiger charge is -2.11. The third-order valence-corrected chi connectivity index (χ3v) is 5.30. The first-order valence-corrected chi connectivity index (χ1v) is 10.6. The summed E-state index contributed by atoms with van der Waals surface area (Å²) in [4.78, 5) is 21.0. The predicted molar refractivity (Wildman–Crippen MR) is 126 cm³/mol. The number of aromatic nitrogens is 6. The molecule has 0 aliphatic heterocycles. The Morgan fingerprint density at radius 1 is 1.35 bits per heavy atom. The number of allylic oxidation sites excluding steroid dienone is 3. The van der Waals surface area contributed by atoms with Gasteiger partial charge in [0.1, 0.15) is 5.69 Å². The molecule has 0 spiro atoms. The third-order valence-electron chi connectivity index (χ3n) is 5.30. The molecule has 174 valence electrons. The second-order valence-corrected chi connectivity index (χ2v) is 7.85. The molecule has 0 radical (unpaired) electrons. The molecule has 0 fully saturated rings. The number of hydrogen-bond donors (Lipinski definition) is 3. The fourth-order valence-electron chi connectivity index (χ4n) is 3.47. The van der Waals surface area contributed by atoms with E-state index in [1.807, 2.05) is 27.0 Å². The van der Waals surface area contributed by atoms with Gasteiger partial charge < -0.3 is 19.5 Å². The van der Waals surface area contributed by atoms with Crippen LogP contribution in [0.4, 0.5) is 0 Å². The van der Waals surface area contributed by atoms with Gasteiger partial charge in [-0.15, -0.1) is 0 Å². The van der Waals surface area contributed by atoms with Crippen LogP contribution in [0.5, 0.6) is 0 Å². The number of aromatic amines is 1. The standard InChI is InChI=1S/C24H25N7O3/c1-5-6-14(2)19-15(3)21(34-30-19)23-27-22(28-29-23)17-9-7-16(8-10-17)20(32)24(33)25-11-18-12-31(4)13-26-18/h5-10,12-13,20,32H,1,11H2,2-4H3,(H,25,33)(H,27,28,29)/b14-6+. The number of carbonyl (C=O) groups is 1. The largest absolute Gasteiger partial charge is 0.378 e. The quantitative estimate of drug-likeness (QED) is 0.345. The summed E-state index contributed by atoms with van der Waals surface area (Å²) in [5, 5.41) is 24.3. The first-order chi connectivity index (χ1) is 16.4. The van der Waals surface area contributed by atoms with Gasteiger partial charge in [-0.25, -0.2) is 9.97 Å². The van der Waals surface area contributed by atoms with Crippen molar-refractivity contribution in [3.63, 3.8) is 0 Å². The normalized spacial score (nSPS) is 12.5. The molecular formula is C24H25N7O3. The van der Waals surface area contributed by atoms with E-state index < -0.39 is 12.0 Å². The summed E-state index contributed by atoms with van der Waals surface area (Å²) in [6.07, 6.45) is 5.69. The van der Waals surface area contributed by atoms with Gasteiger partial charge in [-0.2, -0.15) is 5.10 Å². The number of rotatable bonds is 8. The van der Waals surface area contributed by atoms with Crippen molar-refractivity contribution in [1.29, 1.82) is 0 Å². The summed E-state index contributed by atoms with van der Waals surface area (Å²) in [5.41, 5.74) is 4.38. The SMILES string of the molecule is C=C/C=C(\C)c1noc(-c2nc(-c3ccc(C(O)C(=O)NCc4cn(C)cn4)cc3)n[nH]2)c1C. The molecule has 1 unspecified atom stereocenters. The van der Waals surface area contributed by atoms with Gasteiger partial charge >= 0.3 is 0 Å². The molecule has 4 rings (SSSR count). The number of H-pyrrole nitrogens is 1. The molecule has 10 nitrogen and oxygen atoms in total. The maximum Gasteiger partial charge on any atom is 0.253 e. The van der Waals surface area contributed by atoms with Gasteiger partial charge in [-0.3, -0.25) is 9.89 Å². The molecular weight excluding hydrogens is 434 g/mol. The lowest BCUT2D eigenvalue weighted by Crippen LogP contribution is -2.28. The van der Waals surface area contributed by atoms with Crippen LogP contribution in [-0.2, 0) is 18.4 Å². The third kappa shape index (κ3) is 4.71. The Balaban J connectivity index is 1.45. The van der Waals surface area contributed by atoms with Crippen LogP contribution in [-0.4, -0.2) is 40.9 Å². The van der Waals surface area contributed by atoms with Gasteiger partial charge in [0.05, 0.1) is 18.6 Å². The molecule has 1 amide bonds. The first-order valence-electron chi connectivity index (χ1n) is 10.6. The number of hydrogen-bond acceptors (Lipinski definition) is 7. The molecule has 3 aromatic heterocycles. The van der Waals surface area contributed by atoms with E-state index >= 15 is 0 Å². The first kappa shape index (κ1) is 22.9. The molecule has 4 aromatic rings. The van der Waals surface area contributed by atoms with Gasteiger partial charge in [0.15, 0.2) is 17.8 Å². The van der Waals surface area contributed by atoms with Crippen molar-refractivity contribution in [3.05, 3.63) is 78.0 Å². The molecule has 1 aromatic carbocycles. The summed E-state index contributed by atoms with van der Waals surface area (Å²) < 4.78 is 7.28. The van der Waals surface area contributed by atoms with Gasteiger partial charge in [0.2, 0.25) is 5.76 Å². The minimum atomic E-state index is -1.30. The van der Waals surface area contributed by atoms with E-state index in [0.29, 0.717) is 34.2 Å². The van der Waals surface area contributed by atoms with Gasteiger partial charge in [-0.1, -0.05) is 48.2 Å². The second-order valence-electron chi connectivity index (χ2n) is 7.85. The number of aliphatic hydroxyl groups is 1. The number of imidazole rings is 1. The van der Waals surface area contributed by atoms with Gasteiger partial charge in [0.25, 0.3) is 5.91 Å². The average Bonchev–Trinajstić information content (AvgIpc) is 3.57. The predicted octanol–water partition coefficient (Wildman–Crippen LogP) is 3.11. The van der Waals surface area contributed by atoms with Crippen molar-refractivity contribution >= 4 is 11.5 Å². The number of nitrogens with zero attached hydrogens (tertiary/aromatic N) is 5. The highest BCUT2D eigenvalue weighted by Gasteiger charge is 2.20. The van der Waals surface area contributed by atoms with Crippen molar-refractivity contribution < 1.29 is 14.4 Å². The Bertz CT molecular complexity index is 1350. The lowest BCUT2D eigenvalue weighted by atomic mass is 10.1. The number of amides is 1. The average molecular weight is 460 g/mol. The van der Waals surface area contributed by atoms with Crippen LogP contribution >= 0.6 is 0 Å². The van der Waals surface area contributed by atoms with Crippen LogP contribution < -0.4 is 5.32 Å². The number of nitrogens with one attached hydrogen (secondary N) is 2. The monoisotopic (exact) mass is 459 g/mol. The van der Waals surface area contributed by atoms with Crippen LogP contribution in [0.15, 0.2) is 60.0 Å². The van der Waals surface area contributed by atoms with Crippen molar-refractivity contribution in [1.82, 2.24) is 35.2 Å². The highest BCUT2D eigenvalue weighted by atomic mass is 16.5. The maximum atomic E-state index is 12.3. The molecule has 34 heavy (non-hydrogen) atoms. The van der Waals surface area contributed by atoms with Crippen LogP contribution in [0.25, 0.3) is 28.5 Å². The van der Waals surface area contributed by atoms with Gasteiger partial charge in [-0.05, 0) is 25.0 Å². The molecule has 3 heterocycles. The minimum Gasteiger partial charge on any atom is -0.378 e. The fraction of sp³-hybridized carbons (Fsp3) is 0.208. The Kier molecular flexibility index (Phi) is 6.51. The number of benzene rings is 1. The van der Waals surface area contributed by atoms with E-state index in [4.69, 9.17) is 4.52 Å². The van der Waals surface area contributed by atoms with E-state index in [0.717, 1.165) is 16.8 Å². The van der Waals surface area contributed by atoms with E-state index in [2.05, 4.69) is 37.2 Å². The van der Waals surface area contributed by atoms with Crippen molar-refractivity contribution in [2.75, 3.05) is 0 Å². The van der Waals surface area contributed by atoms with E-state index in [1.165, 1.54) is 0 Å². The summed E-state index contributed by atoms with van der Waals surface area (Å²) in [6, 6.07) is 6.82. The highest BCUT2D eigenvalue weighted by Crippen LogP contribution is 2.28. The molecule has 0 aliphatic carbocycles. The Morgan fingerprint density at radius 3 is 2.79 bits per heavy atom. The van der Waals surface area contributed by atoms with Crippen LogP contribution in [0.3, 0.4) is 0 Å². The summed E-state index contributed by atoms with van der Waals surface area (Å²) >= 11 is 0. The molecule has 3 N–H and O–H groups in total. The van der Waals surface area contributed by atoms with Crippen molar-refractivity contribution in [3.8, 4) is 23.0 Å². The van der Waals surface area contributed by atoms with Gasteiger partial charge in [0, 0.05) is 24.4 Å². The second kappa shape index (κ2) is 9.67. The maximum absolute atomic E-state index is 12.3. The summed E-state index contributed by atoms with van der Waals surface area (Å²) in [7, 11) is 1.85. The van der Waals surface area contributed by atoms with E-state index in [-0.39, 0.29) is 6.54 Å². The summed E-state index contributed by atoms with van der Waals surface area (Å²) in [6.45, 7) is 7.77. The zero-order chi connectivity index (χ0) is 24.2. The van der Waals surface area contributed by atoms with Crippen molar-refractivity contribution in [2.24, 2.45) is 7.05 Å². The molecule has 1 atom stereocenters. The van der Waals surface area contributed by atoms with Crippen LogP contribution in [0.1, 0.15) is 35.5 Å². The van der Waals surface area contributed by atoms with Crippen LogP contribution in [0, 0.1) is 6.92 Å². The minimum absolute atomic E-state index is 0.237. The van der Waals surface area contributed by atoms with Crippen molar-refractivity contribution in [2.45, 2.75) is 26.5 Å². The molecule has 0 aliphatic rings. The number of aliphatic hydroxyl groups excluding tert-OH is 1. The number of carbonyl (C=O) groups excluding carboxylic acids is 1. The fourth-order valence-corrected chi connectivity index (χ4v) is 3.47. The Labute approximate surface area is 196 Å². The highest BCUT2D eigenvalue weighted by molar-refractivity contribution is 5.82.